The van der Waals surface area contributed by atoms with E-state index in [-0.39, 0.29) is 17.0 Å². The Morgan fingerprint density at radius 3 is 2.50 bits per heavy atom. The maximum atomic E-state index is 12.1. The molecule has 0 saturated carbocycles. The van der Waals surface area contributed by atoms with Crippen molar-refractivity contribution in [1.82, 2.24) is 14.7 Å². The van der Waals surface area contributed by atoms with Crippen LogP contribution in [0.5, 0.6) is 0 Å². The van der Waals surface area contributed by atoms with Gasteiger partial charge < -0.3 is 5.32 Å². The number of benzene rings is 1. The van der Waals surface area contributed by atoms with Gasteiger partial charge in [-0.1, -0.05) is 58.9 Å². The van der Waals surface area contributed by atoms with Gasteiger partial charge in [0.1, 0.15) is 0 Å². The molecule has 2 heterocycles. The monoisotopic (exact) mass is 369 g/mol. The molecule has 3 aromatic rings. The predicted octanol–water partition coefficient (Wildman–Crippen LogP) is 4.54. The first kappa shape index (κ1) is 18.8. The zero-order valence-electron chi connectivity index (χ0n) is 16.1. The molecule has 0 spiro atoms. The van der Waals surface area contributed by atoms with Gasteiger partial charge in [-0.2, -0.15) is 0 Å². The summed E-state index contributed by atoms with van der Waals surface area (Å²) in [5, 5.41) is 5.47. The molecule has 0 aliphatic carbocycles. The predicted molar refractivity (Wildman–Crippen MR) is 109 cm³/mol. The number of nitrogens with zero attached hydrogens (tertiary/aromatic N) is 2. The van der Waals surface area contributed by atoms with Crippen LogP contribution >= 0.6 is 11.3 Å². The maximum absolute atomic E-state index is 12.1. The summed E-state index contributed by atoms with van der Waals surface area (Å²) in [6, 6.07) is 10.7. The zero-order chi connectivity index (χ0) is 18.9. The lowest BCUT2D eigenvalue weighted by Crippen LogP contribution is -2.27. The van der Waals surface area contributed by atoms with E-state index < -0.39 is 0 Å². The third-order valence-corrected chi connectivity index (χ3v) is 5.42. The highest BCUT2D eigenvalue weighted by Gasteiger charge is 2.18. The van der Waals surface area contributed by atoms with Crippen molar-refractivity contribution in [3.63, 3.8) is 0 Å². The van der Waals surface area contributed by atoms with Crippen molar-refractivity contribution in [2.45, 2.75) is 52.6 Å². The lowest BCUT2D eigenvalue weighted by molar-refractivity contribution is 0.408. The number of aromatic nitrogens is 2. The summed E-state index contributed by atoms with van der Waals surface area (Å²) in [5.74, 6) is 0.432. The van der Waals surface area contributed by atoms with Crippen LogP contribution in [0.2, 0.25) is 0 Å². The van der Waals surface area contributed by atoms with Crippen LogP contribution < -0.4 is 10.9 Å². The minimum absolute atomic E-state index is 0.0244. The highest BCUT2D eigenvalue weighted by atomic mass is 32.1. The van der Waals surface area contributed by atoms with Gasteiger partial charge in [0.2, 0.25) is 0 Å². The molecule has 1 atom stereocenters. The van der Waals surface area contributed by atoms with E-state index in [1.54, 1.807) is 16.7 Å². The Hall–Kier alpha value is -1.98. The quantitative estimate of drug-likeness (QED) is 0.718. The highest BCUT2D eigenvalue weighted by Crippen LogP contribution is 2.27. The van der Waals surface area contributed by atoms with E-state index in [4.69, 9.17) is 0 Å². The second-order valence-corrected chi connectivity index (χ2v) is 8.99. The van der Waals surface area contributed by atoms with E-state index >= 15 is 0 Å². The third kappa shape index (κ3) is 4.05. The Morgan fingerprint density at radius 2 is 1.88 bits per heavy atom. The Labute approximate surface area is 158 Å². The minimum atomic E-state index is -0.0244. The van der Waals surface area contributed by atoms with Gasteiger partial charge in [-0.3, -0.25) is 9.20 Å². The molecule has 3 rings (SSSR count). The van der Waals surface area contributed by atoms with Crippen LogP contribution in [-0.2, 0) is 12.0 Å². The molecule has 0 aliphatic rings. The molecule has 1 N–H and O–H groups in total. The van der Waals surface area contributed by atoms with Gasteiger partial charge in [0.05, 0.1) is 5.69 Å². The number of fused-ring (bicyclic) bond motifs is 1. The van der Waals surface area contributed by atoms with E-state index in [0.717, 1.165) is 10.7 Å². The molecule has 0 fully saturated rings. The molecular formula is C21H27N3OS. The van der Waals surface area contributed by atoms with Crippen molar-refractivity contribution < 1.29 is 0 Å². The summed E-state index contributed by atoms with van der Waals surface area (Å²) in [6.07, 6.45) is 1.76. The average molecular weight is 370 g/mol. The molecule has 0 aliphatic heterocycles. The first-order chi connectivity index (χ1) is 12.3. The van der Waals surface area contributed by atoms with Crippen molar-refractivity contribution in [3.8, 4) is 0 Å². The van der Waals surface area contributed by atoms with Crippen LogP contribution in [0, 0.1) is 5.92 Å². The second-order valence-electron chi connectivity index (χ2n) is 8.12. The van der Waals surface area contributed by atoms with Crippen LogP contribution in [-0.4, -0.2) is 9.38 Å². The minimum Gasteiger partial charge on any atom is -0.304 e. The van der Waals surface area contributed by atoms with Crippen LogP contribution in [0.25, 0.3) is 4.96 Å². The summed E-state index contributed by atoms with van der Waals surface area (Å²) >= 11 is 1.48. The molecule has 0 bridgehead atoms. The average Bonchev–Trinajstić information content (AvgIpc) is 3.03. The van der Waals surface area contributed by atoms with Gasteiger partial charge in [-0.05, 0) is 22.5 Å². The van der Waals surface area contributed by atoms with Crippen molar-refractivity contribution in [1.29, 1.82) is 0 Å². The number of nitrogens with one attached hydrogen (secondary N) is 1. The van der Waals surface area contributed by atoms with Gasteiger partial charge in [0, 0.05) is 30.2 Å². The van der Waals surface area contributed by atoms with Crippen molar-refractivity contribution >= 4 is 16.3 Å². The number of rotatable bonds is 5. The highest BCUT2D eigenvalue weighted by molar-refractivity contribution is 7.15. The van der Waals surface area contributed by atoms with E-state index in [0.29, 0.717) is 12.5 Å². The van der Waals surface area contributed by atoms with Gasteiger partial charge >= 0.3 is 0 Å². The van der Waals surface area contributed by atoms with Crippen molar-refractivity contribution in [2.24, 2.45) is 5.92 Å². The Morgan fingerprint density at radius 1 is 1.19 bits per heavy atom. The number of hydrogen-bond acceptors (Lipinski definition) is 4. The molecule has 1 aromatic carbocycles. The third-order valence-electron chi connectivity index (χ3n) is 4.66. The number of hydrogen-bond donors (Lipinski definition) is 1. The molecule has 1 unspecified atom stereocenters. The Bertz CT molecular complexity index is 932. The largest absolute Gasteiger partial charge is 0.304 e. The fraction of sp³-hybridized carbons (Fsp3) is 0.429. The van der Waals surface area contributed by atoms with E-state index in [9.17, 15) is 4.79 Å². The second kappa shape index (κ2) is 7.33. The summed E-state index contributed by atoms with van der Waals surface area (Å²) < 4.78 is 1.58. The van der Waals surface area contributed by atoms with Crippen molar-refractivity contribution in [3.05, 3.63) is 69.1 Å². The fourth-order valence-electron chi connectivity index (χ4n) is 3.12. The van der Waals surface area contributed by atoms with E-state index in [2.05, 4.69) is 69.2 Å². The molecule has 0 saturated heterocycles. The molecule has 26 heavy (non-hydrogen) atoms. The van der Waals surface area contributed by atoms with Gasteiger partial charge in [0.15, 0.2) is 4.96 Å². The van der Waals surface area contributed by atoms with Crippen LogP contribution in [0.4, 0.5) is 0 Å². The summed E-state index contributed by atoms with van der Waals surface area (Å²) in [7, 11) is 0. The first-order valence-corrected chi connectivity index (χ1v) is 9.93. The van der Waals surface area contributed by atoms with Gasteiger partial charge in [0.25, 0.3) is 5.56 Å². The summed E-state index contributed by atoms with van der Waals surface area (Å²) in [6.45, 7) is 11.7. The van der Waals surface area contributed by atoms with Gasteiger partial charge in [-0.25, -0.2) is 4.98 Å². The first-order valence-electron chi connectivity index (χ1n) is 9.05. The molecule has 5 heteroatoms. The van der Waals surface area contributed by atoms with E-state index in [1.165, 1.54) is 22.5 Å². The molecule has 0 radical (unpaired) electrons. The summed E-state index contributed by atoms with van der Waals surface area (Å²) in [4.78, 5) is 17.5. The van der Waals surface area contributed by atoms with Crippen LogP contribution in [0.3, 0.4) is 0 Å². The van der Waals surface area contributed by atoms with Crippen LogP contribution in [0.15, 0.2) is 46.7 Å². The molecule has 4 nitrogen and oxygen atoms in total. The lowest BCUT2D eigenvalue weighted by atomic mass is 9.85. The lowest BCUT2D eigenvalue weighted by Gasteiger charge is -2.25. The molecular weight excluding hydrogens is 342 g/mol. The normalized spacial score (nSPS) is 13.5. The Balaban J connectivity index is 1.79. The fourth-order valence-corrected chi connectivity index (χ4v) is 3.86. The maximum Gasteiger partial charge on any atom is 0.258 e. The van der Waals surface area contributed by atoms with Crippen LogP contribution in [0.1, 0.15) is 57.5 Å². The number of thiazole rings is 1. The van der Waals surface area contributed by atoms with Crippen molar-refractivity contribution in [2.75, 3.05) is 0 Å². The molecule has 138 valence electrons. The smallest absolute Gasteiger partial charge is 0.258 e. The topological polar surface area (TPSA) is 46.4 Å². The Kier molecular flexibility index (Phi) is 5.30. The molecule has 0 amide bonds. The summed E-state index contributed by atoms with van der Waals surface area (Å²) in [5.41, 5.74) is 3.52. The standard InChI is InChI=1S/C21H27N3OS/c1-14(2)19(15-6-8-16(9-7-15)21(3,4)5)22-13-17-12-18(25)24-10-11-26-20(24)23-17/h6-12,14,19,22H,13H2,1-5H3. The zero-order valence-corrected chi connectivity index (χ0v) is 16.9. The SMILES string of the molecule is CC(C)C(NCc1cc(=O)n2ccsc2n1)c1ccc(C(C)(C)C)cc1. The van der Waals surface area contributed by atoms with E-state index in [1.807, 2.05) is 5.38 Å². The van der Waals surface area contributed by atoms with Gasteiger partial charge in [-0.15, -0.1) is 11.3 Å². The molecule has 2 aromatic heterocycles.